The third-order valence-corrected chi connectivity index (χ3v) is 6.45. The molecule has 0 spiro atoms. The maximum absolute atomic E-state index is 12.5. The first-order valence-electron chi connectivity index (χ1n) is 9.91. The number of ether oxygens (including phenoxy) is 6. The normalized spacial score (nSPS) is 18.1. The predicted molar refractivity (Wildman–Crippen MR) is 121 cm³/mol. The van der Waals surface area contributed by atoms with E-state index in [9.17, 15) is 9.59 Å². The van der Waals surface area contributed by atoms with Gasteiger partial charge in [-0.3, -0.25) is 0 Å². The van der Waals surface area contributed by atoms with E-state index >= 15 is 0 Å². The van der Waals surface area contributed by atoms with Gasteiger partial charge in [0.05, 0.1) is 52.8 Å². The van der Waals surface area contributed by atoms with Gasteiger partial charge in [-0.25, -0.2) is 9.59 Å². The van der Waals surface area contributed by atoms with Crippen molar-refractivity contribution in [3.63, 3.8) is 0 Å². The Morgan fingerprint density at radius 2 is 0.970 bits per heavy atom. The van der Waals surface area contributed by atoms with E-state index in [1.807, 2.05) is 0 Å². The minimum atomic E-state index is -1.18. The van der Waals surface area contributed by atoms with Crippen molar-refractivity contribution >= 4 is 35.1 Å². The zero-order valence-electron chi connectivity index (χ0n) is 18.6. The van der Waals surface area contributed by atoms with Crippen LogP contribution in [0.3, 0.4) is 0 Å². The van der Waals surface area contributed by atoms with Crippen LogP contribution in [0.15, 0.2) is 36.4 Å². The fourth-order valence-electron chi connectivity index (χ4n) is 3.26. The number of methoxy groups -OCH3 is 4. The molecule has 10 heteroatoms. The average molecular weight is 499 g/mol. The molecule has 0 unspecified atom stereocenters. The molecule has 0 aliphatic heterocycles. The highest BCUT2D eigenvalue weighted by Crippen LogP contribution is 2.59. The van der Waals surface area contributed by atoms with Crippen LogP contribution in [-0.4, -0.2) is 57.9 Å². The Labute approximate surface area is 201 Å². The molecule has 3 rings (SSSR count). The van der Waals surface area contributed by atoms with Crippen LogP contribution in [0.5, 0.6) is 23.0 Å². The van der Waals surface area contributed by atoms with Gasteiger partial charge >= 0.3 is 11.9 Å². The molecular weight excluding hydrogens is 475 g/mol. The van der Waals surface area contributed by atoms with Gasteiger partial charge < -0.3 is 28.4 Å². The summed E-state index contributed by atoms with van der Waals surface area (Å²) in [6, 6.07) is 9.43. The molecule has 178 valence electrons. The van der Waals surface area contributed by atoms with Gasteiger partial charge in [0, 0.05) is 24.0 Å². The van der Waals surface area contributed by atoms with Gasteiger partial charge in [0.15, 0.2) is 0 Å². The average Bonchev–Trinajstić information content (AvgIpc) is 3.37. The highest BCUT2D eigenvalue weighted by Gasteiger charge is 2.64. The van der Waals surface area contributed by atoms with E-state index in [2.05, 4.69) is 0 Å². The third-order valence-electron chi connectivity index (χ3n) is 5.33. The van der Waals surface area contributed by atoms with Crippen molar-refractivity contribution in [1.82, 2.24) is 0 Å². The quantitative estimate of drug-likeness (QED) is 0.356. The lowest BCUT2D eigenvalue weighted by atomic mass is 10.2. The lowest BCUT2D eigenvalue weighted by Crippen LogP contribution is -2.12. The molecule has 0 aromatic heterocycles. The molecule has 1 fully saturated rings. The molecule has 1 aliphatic carbocycles. The third kappa shape index (κ3) is 5.75. The first-order valence-corrected chi connectivity index (χ1v) is 10.7. The molecule has 33 heavy (non-hydrogen) atoms. The Bertz CT molecular complexity index is 900. The lowest BCUT2D eigenvalue weighted by molar-refractivity contribution is 0.0418. The predicted octanol–water partition coefficient (Wildman–Crippen LogP) is 4.15. The zero-order chi connectivity index (χ0) is 24.2. The van der Waals surface area contributed by atoms with Crippen LogP contribution < -0.4 is 18.9 Å². The van der Waals surface area contributed by atoms with Crippen molar-refractivity contribution in [2.75, 3.05) is 41.7 Å². The Morgan fingerprint density at radius 3 is 1.24 bits per heavy atom. The number of hydrogen-bond donors (Lipinski definition) is 0. The summed E-state index contributed by atoms with van der Waals surface area (Å²) < 4.78 is 30.2. The van der Waals surface area contributed by atoms with Crippen LogP contribution in [0.1, 0.15) is 20.7 Å². The monoisotopic (exact) mass is 498 g/mol. The molecule has 0 N–H and O–H groups in total. The molecule has 1 saturated carbocycles. The van der Waals surface area contributed by atoms with Gasteiger partial charge in [-0.1, -0.05) is 0 Å². The minimum Gasteiger partial charge on any atom is -0.497 e. The summed E-state index contributed by atoms with van der Waals surface area (Å²) >= 11 is 12.7. The lowest BCUT2D eigenvalue weighted by Gasteiger charge is -2.09. The number of carbonyl (C=O) groups excluding carboxylic acids is 2. The second-order valence-corrected chi connectivity index (χ2v) is 8.73. The van der Waals surface area contributed by atoms with Crippen LogP contribution in [0.2, 0.25) is 0 Å². The number of alkyl halides is 2. The number of halogens is 2. The first kappa shape index (κ1) is 24.8. The molecule has 0 heterocycles. The van der Waals surface area contributed by atoms with Crippen LogP contribution >= 0.6 is 23.2 Å². The number of esters is 2. The molecular formula is C23H24Cl2O8. The van der Waals surface area contributed by atoms with E-state index in [0.29, 0.717) is 23.0 Å². The standard InChI is InChI=1S/C23H24Cl2O8/c1-28-15-5-13(6-16(9-15)29-2)21(26)32-11-19-20(23(19,24)25)12-33-22(27)14-7-17(30-3)10-18(8-14)31-4/h5-10,19-20H,11-12H2,1-4H3/t19-,20-/m0/s1. The molecule has 0 bridgehead atoms. The van der Waals surface area contributed by atoms with E-state index in [1.165, 1.54) is 52.7 Å². The Balaban J connectivity index is 1.57. The van der Waals surface area contributed by atoms with Gasteiger partial charge in [0.2, 0.25) is 0 Å². The molecule has 8 nitrogen and oxygen atoms in total. The van der Waals surface area contributed by atoms with Crippen LogP contribution in [-0.2, 0) is 9.47 Å². The molecule has 0 radical (unpaired) electrons. The van der Waals surface area contributed by atoms with Crippen molar-refractivity contribution in [1.29, 1.82) is 0 Å². The number of carbonyl (C=O) groups is 2. The van der Waals surface area contributed by atoms with Crippen LogP contribution in [0, 0.1) is 11.8 Å². The van der Waals surface area contributed by atoms with Crippen molar-refractivity contribution in [3.05, 3.63) is 47.5 Å². The molecule has 2 aromatic carbocycles. The second kappa shape index (κ2) is 10.4. The fraction of sp³-hybridized carbons (Fsp3) is 0.391. The van der Waals surface area contributed by atoms with Gasteiger partial charge in [0.25, 0.3) is 0 Å². The summed E-state index contributed by atoms with van der Waals surface area (Å²) in [6.45, 7) is -0.0822. The Morgan fingerprint density at radius 1 is 0.667 bits per heavy atom. The number of hydrogen-bond acceptors (Lipinski definition) is 8. The maximum atomic E-state index is 12.5. The molecule has 1 aliphatic rings. The second-order valence-electron chi connectivity index (χ2n) is 7.29. The Hall–Kier alpha value is -2.84. The van der Waals surface area contributed by atoms with Crippen LogP contribution in [0.4, 0.5) is 0 Å². The minimum absolute atomic E-state index is 0.0411. The van der Waals surface area contributed by atoms with Gasteiger partial charge in [-0.05, 0) is 24.3 Å². The van der Waals surface area contributed by atoms with Gasteiger partial charge in [0.1, 0.15) is 27.3 Å². The summed E-state index contributed by atoms with van der Waals surface area (Å²) in [5.74, 6) is -0.141. The van der Waals surface area contributed by atoms with Crippen molar-refractivity contribution in [3.8, 4) is 23.0 Å². The van der Waals surface area contributed by atoms with Crippen molar-refractivity contribution in [2.24, 2.45) is 11.8 Å². The van der Waals surface area contributed by atoms with E-state index in [4.69, 9.17) is 51.6 Å². The largest absolute Gasteiger partial charge is 0.497 e. The highest BCUT2D eigenvalue weighted by molar-refractivity contribution is 6.51. The van der Waals surface area contributed by atoms with E-state index < -0.39 is 28.1 Å². The maximum Gasteiger partial charge on any atom is 0.338 e. The summed E-state index contributed by atoms with van der Waals surface area (Å²) in [4.78, 5) is 24.9. The highest BCUT2D eigenvalue weighted by atomic mass is 35.5. The van der Waals surface area contributed by atoms with Crippen molar-refractivity contribution in [2.45, 2.75) is 4.33 Å². The smallest absolute Gasteiger partial charge is 0.338 e. The first-order chi connectivity index (χ1) is 15.7. The van der Waals surface area contributed by atoms with E-state index in [0.717, 1.165) is 0 Å². The number of benzene rings is 2. The molecule has 2 aromatic rings. The van der Waals surface area contributed by atoms with E-state index in [-0.39, 0.29) is 24.3 Å². The van der Waals surface area contributed by atoms with Crippen LogP contribution in [0.25, 0.3) is 0 Å². The fourth-order valence-corrected chi connectivity index (χ4v) is 4.00. The topological polar surface area (TPSA) is 89.5 Å². The van der Waals surface area contributed by atoms with E-state index in [1.54, 1.807) is 12.1 Å². The van der Waals surface area contributed by atoms with Crippen molar-refractivity contribution < 1.29 is 38.0 Å². The Kier molecular flexibility index (Phi) is 7.81. The summed E-state index contributed by atoms with van der Waals surface area (Å²) in [5.41, 5.74) is 0.521. The van der Waals surface area contributed by atoms with Gasteiger partial charge in [-0.15, -0.1) is 23.2 Å². The van der Waals surface area contributed by atoms with Gasteiger partial charge in [-0.2, -0.15) is 0 Å². The molecule has 2 atom stereocenters. The summed E-state index contributed by atoms with van der Waals surface area (Å²) in [7, 11) is 5.93. The summed E-state index contributed by atoms with van der Waals surface area (Å²) in [5, 5.41) is 0. The SMILES string of the molecule is COc1cc(OC)cc(C(=O)OC[C@H]2[C@H](COC(=O)c3cc(OC)cc(OC)c3)C2(Cl)Cl)c1. The zero-order valence-corrected chi connectivity index (χ0v) is 20.1. The number of rotatable bonds is 10. The molecule has 0 saturated heterocycles. The molecule has 0 amide bonds. The summed E-state index contributed by atoms with van der Waals surface area (Å²) in [6.07, 6.45) is 0.